The zero-order valence-corrected chi connectivity index (χ0v) is 18.7. The van der Waals surface area contributed by atoms with E-state index in [1.807, 2.05) is 6.92 Å². The molecule has 1 aliphatic heterocycles. The molecule has 1 heterocycles. The average Bonchev–Trinajstić information content (AvgIpc) is 2.88. The zero-order valence-electron chi connectivity index (χ0n) is 16.9. The summed E-state index contributed by atoms with van der Waals surface area (Å²) in [6, 6.07) is 5.59. The van der Waals surface area contributed by atoms with Gasteiger partial charge in [-0.2, -0.15) is 4.31 Å². The lowest BCUT2D eigenvalue weighted by Crippen LogP contribution is -2.48. The number of cyclic esters (lactones) is 1. The summed E-state index contributed by atoms with van der Waals surface area (Å²) in [5.74, 6) is 0. The third-order valence-corrected chi connectivity index (χ3v) is 11.6. The molecule has 8 heteroatoms. The Labute approximate surface area is 163 Å². The van der Waals surface area contributed by atoms with Gasteiger partial charge in [0.1, 0.15) is 12.1 Å². The molecule has 2 atom stereocenters. The van der Waals surface area contributed by atoms with Crippen LogP contribution >= 0.6 is 0 Å². The van der Waals surface area contributed by atoms with Gasteiger partial charge in [-0.05, 0) is 43.3 Å². The molecule has 2 rings (SSSR count). The second kappa shape index (κ2) is 7.41. The molecule has 1 amide bonds. The number of hydrogen-bond acceptors (Lipinski definition) is 5. The smallest absolute Gasteiger partial charge is 0.425 e. The van der Waals surface area contributed by atoms with Crippen molar-refractivity contribution < 1.29 is 22.4 Å². The van der Waals surface area contributed by atoms with E-state index in [1.54, 1.807) is 12.1 Å². The number of hydrogen-bond donors (Lipinski definition) is 0. The van der Waals surface area contributed by atoms with Crippen molar-refractivity contribution in [3.63, 3.8) is 0 Å². The Bertz CT molecular complexity index is 811. The number of aryl methyl sites for hydroxylation is 1. The second-order valence-electron chi connectivity index (χ2n) is 8.34. The number of benzene rings is 1. The first-order valence-corrected chi connectivity index (χ1v) is 13.2. The van der Waals surface area contributed by atoms with Gasteiger partial charge < -0.3 is 9.16 Å². The highest BCUT2D eigenvalue weighted by molar-refractivity contribution is 7.89. The summed E-state index contributed by atoms with van der Waals surface area (Å²) >= 11 is 0. The molecule has 27 heavy (non-hydrogen) atoms. The molecule has 1 fully saturated rings. The minimum atomic E-state index is -4.05. The lowest BCUT2D eigenvalue weighted by atomic mass is 10.2. The molecule has 0 aliphatic carbocycles. The van der Waals surface area contributed by atoms with E-state index in [9.17, 15) is 13.2 Å². The maximum Gasteiger partial charge on any atom is 0.425 e. The van der Waals surface area contributed by atoms with Gasteiger partial charge in [0.25, 0.3) is 10.0 Å². The zero-order chi connectivity index (χ0) is 20.6. The summed E-state index contributed by atoms with van der Waals surface area (Å²) < 4.78 is 38.4. The minimum absolute atomic E-state index is 0.0409. The van der Waals surface area contributed by atoms with Crippen molar-refractivity contribution in [1.29, 1.82) is 0 Å². The summed E-state index contributed by atoms with van der Waals surface area (Å²) in [6.07, 6.45) is -0.200. The molecule has 150 valence electrons. The molecule has 1 saturated heterocycles. The summed E-state index contributed by atoms with van der Waals surface area (Å²) in [4.78, 5) is 12.4. The fraction of sp³-hybridized carbons (Fsp3) is 0.526. The Morgan fingerprint density at radius 2 is 1.81 bits per heavy atom. The molecular weight excluding hydrogens is 382 g/mol. The Hall–Kier alpha value is -1.64. The van der Waals surface area contributed by atoms with Crippen molar-refractivity contribution in [2.45, 2.75) is 62.9 Å². The summed E-state index contributed by atoms with van der Waals surface area (Å²) in [5, 5.41) is -0.0409. The van der Waals surface area contributed by atoms with E-state index in [0.29, 0.717) is 0 Å². The number of carbonyl (C=O) groups excluding carboxylic acids is 1. The van der Waals surface area contributed by atoms with Gasteiger partial charge in [0.2, 0.25) is 0 Å². The van der Waals surface area contributed by atoms with Crippen LogP contribution in [-0.2, 0) is 19.2 Å². The molecule has 1 unspecified atom stereocenters. The first-order chi connectivity index (χ1) is 12.3. The van der Waals surface area contributed by atoms with Crippen LogP contribution in [0, 0.1) is 6.92 Å². The quantitative estimate of drug-likeness (QED) is 0.521. The minimum Gasteiger partial charge on any atom is -0.439 e. The van der Waals surface area contributed by atoms with Gasteiger partial charge in [-0.15, -0.1) is 0 Å². The summed E-state index contributed by atoms with van der Waals surface area (Å²) in [7, 11) is -6.19. The highest BCUT2D eigenvalue weighted by Crippen LogP contribution is 2.37. The lowest BCUT2D eigenvalue weighted by molar-refractivity contribution is 0.144. The van der Waals surface area contributed by atoms with E-state index in [2.05, 4.69) is 40.4 Å². The van der Waals surface area contributed by atoms with E-state index in [1.165, 1.54) is 18.2 Å². The Balaban J connectivity index is 2.36. The third-order valence-electron chi connectivity index (χ3n) is 5.33. The van der Waals surface area contributed by atoms with E-state index < -0.39 is 36.6 Å². The molecule has 0 spiro atoms. The SMILES string of the molecule is C=CC1OC(=O)N(S(=O)(=O)c2ccc(C)cc2)[C@H]1CO[Si](C)(C)C(C)(C)C. The first-order valence-electron chi connectivity index (χ1n) is 8.89. The Kier molecular flexibility index (Phi) is 5.94. The number of sulfonamides is 1. The molecule has 6 nitrogen and oxygen atoms in total. The molecule has 1 aliphatic rings. The largest absolute Gasteiger partial charge is 0.439 e. The number of rotatable bonds is 6. The maximum atomic E-state index is 13.1. The van der Waals surface area contributed by atoms with Crippen LogP contribution in [0.15, 0.2) is 41.8 Å². The van der Waals surface area contributed by atoms with Crippen LogP contribution in [0.5, 0.6) is 0 Å². The fourth-order valence-electron chi connectivity index (χ4n) is 2.49. The normalized spacial score (nSPS) is 21.3. The van der Waals surface area contributed by atoms with E-state index in [4.69, 9.17) is 9.16 Å². The predicted octanol–water partition coefficient (Wildman–Crippen LogP) is 4.08. The van der Waals surface area contributed by atoms with Crippen molar-refractivity contribution in [3.05, 3.63) is 42.5 Å². The maximum absolute atomic E-state index is 13.1. The van der Waals surface area contributed by atoms with Crippen LogP contribution in [0.3, 0.4) is 0 Å². The van der Waals surface area contributed by atoms with Crippen LogP contribution in [0.2, 0.25) is 18.1 Å². The first kappa shape index (κ1) is 21.7. The van der Waals surface area contributed by atoms with Gasteiger partial charge in [-0.25, -0.2) is 13.2 Å². The van der Waals surface area contributed by atoms with Crippen LogP contribution in [0.1, 0.15) is 26.3 Å². The van der Waals surface area contributed by atoms with Gasteiger partial charge >= 0.3 is 6.09 Å². The highest BCUT2D eigenvalue weighted by atomic mass is 32.2. The van der Waals surface area contributed by atoms with Crippen molar-refractivity contribution in [1.82, 2.24) is 4.31 Å². The Morgan fingerprint density at radius 1 is 1.26 bits per heavy atom. The van der Waals surface area contributed by atoms with Crippen molar-refractivity contribution in [3.8, 4) is 0 Å². The topological polar surface area (TPSA) is 72.9 Å². The molecule has 0 radical (unpaired) electrons. The molecule has 0 N–H and O–H groups in total. The highest BCUT2D eigenvalue weighted by Gasteiger charge is 2.49. The standard InChI is InChI=1S/C19H29NO5SSi/c1-8-17-16(13-24-27(6,7)19(3,4)5)20(18(21)25-17)26(22,23)15-11-9-14(2)10-12-15/h8-12,16-17H,1,13H2,2-7H3/t16-,17?/m0/s1. The number of nitrogens with zero attached hydrogens (tertiary/aromatic N) is 1. The molecule has 0 aromatic heterocycles. The van der Waals surface area contributed by atoms with Gasteiger partial charge in [0, 0.05) is 0 Å². The number of carbonyl (C=O) groups is 1. The van der Waals surface area contributed by atoms with Crippen molar-refractivity contribution in [2.24, 2.45) is 0 Å². The molecular formula is C19H29NO5SSi. The van der Waals surface area contributed by atoms with Gasteiger partial charge in [0.05, 0.1) is 11.5 Å². The third kappa shape index (κ3) is 4.28. The number of amides is 1. The molecule has 0 saturated carbocycles. The molecule has 1 aromatic rings. The van der Waals surface area contributed by atoms with Gasteiger partial charge in [-0.3, -0.25) is 0 Å². The van der Waals surface area contributed by atoms with Crippen LogP contribution in [0.25, 0.3) is 0 Å². The second-order valence-corrected chi connectivity index (χ2v) is 15.0. The molecule has 0 bridgehead atoms. The van der Waals surface area contributed by atoms with Crippen LogP contribution in [-0.4, -0.2) is 45.9 Å². The van der Waals surface area contributed by atoms with Crippen molar-refractivity contribution >= 4 is 24.4 Å². The summed E-state index contributed by atoms with van der Waals surface area (Å²) in [6.45, 7) is 16.1. The van der Waals surface area contributed by atoms with Crippen LogP contribution < -0.4 is 0 Å². The van der Waals surface area contributed by atoms with E-state index in [-0.39, 0.29) is 16.5 Å². The average molecular weight is 412 g/mol. The fourth-order valence-corrected chi connectivity index (χ4v) is 5.00. The predicted molar refractivity (Wildman–Crippen MR) is 108 cm³/mol. The number of ether oxygens (including phenoxy) is 1. The Morgan fingerprint density at radius 3 is 2.30 bits per heavy atom. The van der Waals surface area contributed by atoms with Gasteiger partial charge in [-0.1, -0.05) is 45.0 Å². The van der Waals surface area contributed by atoms with Crippen LogP contribution in [0.4, 0.5) is 4.79 Å². The van der Waals surface area contributed by atoms with E-state index in [0.717, 1.165) is 9.87 Å². The van der Waals surface area contributed by atoms with Gasteiger partial charge in [0.15, 0.2) is 8.32 Å². The molecule has 1 aromatic carbocycles. The lowest BCUT2D eigenvalue weighted by Gasteiger charge is -2.37. The summed E-state index contributed by atoms with van der Waals surface area (Å²) in [5.41, 5.74) is 0.930. The monoisotopic (exact) mass is 411 g/mol. The van der Waals surface area contributed by atoms with Crippen molar-refractivity contribution in [2.75, 3.05) is 6.61 Å². The van der Waals surface area contributed by atoms with E-state index >= 15 is 0 Å².